The van der Waals surface area contributed by atoms with Crippen molar-refractivity contribution in [3.8, 4) is 0 Å². The van der Waals surface area contributed by atoms with Gasteiger partial charge in [-0.2, -0.15) is 0 Å². The molecule has 1 aliphatic heterocycles. The van der Waals surface area contributed by atoms with Crippen molar-refractivity contribution in [2.24, 2.45) is 0 Å². The van der Waals surface area contributed by atoms with Gasteiger partial charge in [0, 0.05) is 0 Å². The molecule has 1 heterocycles. The third-order valence-corrected chi connectivity index (χ3v) is 5.81. The van der Waals surface area contributed by atoms with Gasteiger partial charge >= 0.3 is 0 Å². The zero-order valence-electron chi connectivity index (χ0n) is 12.7. The molecule has 2 rings (SSSR count). The first-order chi connectivity index (χ1) is 9.72. The fourth-order valence-corrected chi connectivity index (χ4v) is 4.35. The summed E-state index contributed by atoms with van der Waals surface area (Å²) < 4.78 is 36.8. The Labute approximate surface area is 126 Å². The molecule has 0 radical (unpaired) electrons. The third kappa shape index (κ3) is 3.73. The van der Waals surface area contributed by atoms with Crippen LogP contribution in [0, 0.1) is 0 Å². The summed E-state index contributed by atoms with van der Waals surface area (Å²) in [6.45, 7) is 9.65. The molecule has 0 bridgehead atoms. The molecule has 4 nitrogen and oxygen atoms in total. The highest BCUT2D eigenvalue weighted by atomic mass is 32.2. The molecule has 116 valence electrons. The number of ether oxygens (including phenoxy) is 2. The molecular formula is C16H22O4S. The molecule has 1 saturated heterocycles. The summed E-state index contributed by atoms with van der Waals surface area (Å²) in [5, 5.41) is -0.664. The lowest BCUT2D eigenvalue weighted by molar-refractivity contribution is -0.138. The molecule has 0 saturated carbocycles. The molecule has 0 aliphatic carbocycles. The van der Waals surface area contributed by atoms with Gasteiger partial charge in [0.2, 0.25) is 0 Å². The summed E-state index contributed by atoms with van der Waals surface area (Å²) in [4.78, 5) is 0.316. The Morgan fingerprint density at radius 1 is 1.38 bits per heavy atom. The predicted octanol–water partition coefficient (Wildman–Crippen LogP) is 2.95. The fourth-order valence-electron chi connectivity index (χ4n) is 2.49. The quantitative estimate of drug-likeness (QED) is 0.785. The maximum atomic E-state index is 12.8. The average molecular weight is 310 g/mol. The number of rotatable bonds is 5. The van der Waals surface area contributed by atoms with Crippen LogP contribution in [0.3, 0.4) is 0 Å². The SMILES string of the molecule is C=C(C)C(C[C@H]1COC(C)(C)O1)S(=O)(=O)c1ccccc1. The first kappa shape index (κ1) is 16.2. The Bertz CT molecular complexity index is 604. The highest BCUT2D eigenvalue weighted by Crippen LogP contribution is 2.30. The van der Waals surface area contributed by atoms with Crippen LogP contribution in [0.15, 0.2) is 47.4 Å². The summed E-state index contributed by atoms with van der Waals surface area (Å²) >= 11 is 0. The third-order valence-electron chi connectivity index (χ3n) is 3.54. The van der Waals surface area contributed by atoms with E-state index in [1.165, 1.54) is 0 Å². The van der Waals surface area contributed by atoms with Crippen molar-refractivity contribution in [3.05, 3.63) is 42.5 Å². The van der Waals surface area contributed by atoms with Gasteiger partial charge in [-0.15, -0.1) is 0 Å². The number of benzene rings is 1. The normalized spacial score (nSPS) is 22.9. The van der Waals surface area contributed by atoms with E-state index in [0.29, 0.717) is 23.5 Å². The summed E-state index contributed by atoms with van der Waals surface area (Å²) in [5.74, 6) is -0.652. The lowest BCUT2D eigenvalue weighted by atomic mass is 10.1. The Kier molecular flexibility index (Phi) is 4.56. The molecule has 21 heavy (non-hydrogen) atoms. The molecule has 1 aliphatic rings. The van der Waals surface area contributed by atoms with E-state index in [1.54, 1.807) is 37.3 Å². The monoisotopic (exact) mass is 310 g/mol. The molecular weight excluding hydrogens is 288 g/mol. The standard InChI is InChI=1S/C16H22O4S/c1-12(2)15(10-13-11-19-16(3,4)20-13)21(17,18)14-8-6-5-7-9-14/h5-9,13,15H,1,10-11H2,2-4H3/t13-,15?/m0/s1. The summed E-state index contributed by atoms with van der Waals surface area (Å²) in [6, 6.07) is 8.47. The smallest absolute Gasteiger partial charge is 0.185 e. The van der Waals surface area contributed by atoms with Crippen LogP contribution in [0.1, 0.15) is 27.2 Å². The number of hydrogen-bond acceptors (Lipinski definition) is 4. The van der Waals surface area contributed by atoms with Crippen LogP contribution in [-0.2, 0) is 19.3 Å². The summed E-state index contributed by atoms with van der Waals surface area (Å²) in [6.07, 6.45) is 0.121. The van der Waals surface area contributed by atoms with Gasteiger partial charge in [0.25, 0.3) is 0 Å². The van der Waals surface area contributed by atoms with Crippen LogP contribution >= 0.6 is 0 Å². The zero-order valence-corrected chi connectivity index (χ0v) is 13.5. The molecule has 0 N–H and O–H groups in total. The van der Waals surface area contributed by atoms with Gasteiger partial charge in [-0.3, -0.25) is 0 Å². The number of hydrogen-bond donors (Lipinski definition) is 0. The predicted molar refractivity (Wildman–Crippen MR) is 81.8 cm³/mol. The van der Waals surface area contributed by atoms with E-state index in [0.717, 1.165) is 0 Å². The van der Waals surface area contributed by atoms with E-state index in [-0.39, 0.29) is 6.10 Å². The van der Waals surface area contributed by atoms with E-state index in [2.05, 4.69) is 6.58 Å². The Balaban J connectivity index is 2.22. The van der Waals surface area contributed by atoms with E-state index in [4.69, 9.17) is 9.47 Å². The minimum absolute atomic E-state index is 0.236. The lowest BCUT2D eigenvalue weighted by Gasteiger charge is -2.22. The lowest BCUT2D eigenvalue weighted by Crippen LogP contribution is -2.30. The number of sulfone groups is 1. The average Bonchev–Trinajstić information content (AvgIpc) is 2.76. The fraction of sp³-hybridized carbons (Fsp3) is 0.500. The molecule has 5 heteroatoms. The Hall–Kier alpha value is -1.17. The minimum atomic E-state index is -3.46. The van der Waals surface area contributed by atoms with Gasteiger partial charge in [-0.1, -0.05) is 30.4 Å². The van der Waals surface area contributed by atoms with Crippen LogP contribution < -0.4 is 0 Å². The second-order valence-electron chi connectivity index (χ2n) is 5.88. The largest absolute Gasteiger partial charge is 0.348 e. The molecule has 0 amide bonds. The van der Waals surface area contributed by atoms with Gasteiger partial charge in [0.05, 0.1) is 22.9 Å². The van der Waals surface area contributed by atoms with E-state index < -0.39 is 20.9 Å². The molecule has 0 spiro atoms. The molecule has 1 aromatic carbocycles. The van der Waals surface area contributed by atoms with Crippen LogP contribution in [0.4, 0.5) is 0 Å². The van der Waals surface area contributed by atoms with Crippen molar-refractivity contribution in [2.45, 2.75) is 49.2 Å². The topological polar surface area (TPSA) is 52.6 Å². The first-order valence-corrected chi connectivity index (χ1v) is 8.53. The van der Waals surface area contributed by atoms with E-state index in [9.17, 15) is 8.42 Å². The second kappa shape index (κ2) is 5.91. The summed E-state index contributed by atoms with van der Waals surface area (Å²) in [7, 11) is -3.46. The van der Waals surface area contributed by atoms with Gasteiger partial charge in [-0.25, -0.2) is 8.42 Å². The first-order valence-electron chi connectivity index (χ1n) is 6.98. The maximum Gasteiger partial charge on any atom is 0.185 e. The Morgan fingerprint density at radius 2 is 2.00 bits per heavy atom. The van der Waals surface area contributed by atoms with Crippen molar-refractivity contribution < 1.29 is 17.9 Å². The van der Waals surface area contributed by atoms with Crippen molar-refractivity contribution in [1.29, 1.82) is 0 Å². The second-order valence-corrected chi connectivity index (χ2v) is 8.01. The molecule has 2 atom stereocenters. The Morgan fingerprint density at radius 3 is 2.48 bits per heavy atom. The van der Waals surface area contributed by atoms with Gasteiger partial charge < -0.3 is 9.47 Å². The molecule has 1 aromatic rings. The van der Waals surface area contributed by atoms with Crippen molar-refractivity contribution >= 4 is 9.84 Å². The maximum absolute atomic E-state index is 12.8. The van der Waals surface area contributed by atoms with Crippen molar-refractivity contribution in [3.63, 3.8) is 0 Å². The van der Waals surface area contributed by atoms with Crippen LogP contribution in [-0.4, -0.2) is 32.2 Å². The van der Waals surface area contributed by atoms with E-state index in [1.807, 2.05) is 13.8 Å². The van der Waals surface area contributed by atoms with Crippen LogP contribution in [0.5, 0.6) is 0 Å². The zero-order chi connectivity index (χ0) is 15.7. The van der Waals surface area contributed by atoms with Gasteiger partial charge in [0.1, 0.15) is 0 Å². The van der Waals surface area contributed by atoms with Crippen molar-refractivity contribution in [2.75, 3.05) is 6.61 Å². The van der Waals surface area contributed by atoms with E-state index >= 15 is 0 Å². The van der Waals surface area contributed by atoms with Gasteiger partial charge in [0.15, 0.2) is 15.6 Å². The highest BCUT2D eigenvalue weighted by molar-refractivity contribution is 7.92. The van der Waals surface area contributed by atoms with Gasteiger partial charge in [-0.05, 0) is 39.3 Å². The van der Waals surface area contributed by atoms with Crippen LogP contribution in [0.2, 0.25) is 0 Å². The van der Waals surface area contributed by atoms with Crippen LogP contribution in [0.25, 0.3) is 0 Å². The molecule has 0 aromatic heterocycles. The molecule has 1 fully saturated rings. The van der Waals surface area contributed by atoms with Crippen molar-refractivity contribution in [1.82, 2.24) is 0 Å². The summed E-state index contributed by atoms with van der Waals surface area (Å²) in [5.41, 5.74) is 0.618. The molecule has 1 unspecified atom stereocenters. The minimum Gasteiger partial charge on any atom is -0.348 e. The highest BCUT2D eigenvalue weighted by Gasteiger charge is 2.37.